The Morgan fingerprint density at radius 2 is 1.97 bits per heavy atom. The summed E-state index contributed by atoms with van der Waals surface area (Å²) in [6.07, 6.45) is 0. The molecule has 2 aliphatic heterocycles. The van der Waals surface area contributed by atoms with Gasteiger partial charge >= 0.3 is 11.7 Å². The number of cyclic esters (lactones) is 1. The Labute approximate surface area is 172 Å². The van der Waals surface area contributed by atoms with Crippen LogP contribution in [0.1, 0.15) is 30.9 Å². The predicted octanol–water partition coefficient (Wildman–Crippen LogP) is 1.34. The summed E-state index contributed by atoms with van der Waals surface area (Å²) in [7, 11) is 2.96. The fraction of sp³-hybridized carbons (Fsp3) is 0.381. The average molecular weight is 413 g/mol. The Hall–Kier alpha value is -3.49. The minimum absolute atomic E-state index is 0.0609. The third-order valence-electron chi connectivity index (χ3n) is 5.45. The van der Waals surface area contributed by atoms with Crippen molar-refractivity contribution in [3.8, 4) is 11.5 Å². The number of carbonyl (C=O) groups is 1. The smallest absolute Gasteiger partial charge is 0.337 e. The molecule has 0 bridgehead atoms. The summed E-state index contributed by atoms with van der Waals surface area (Å²) in [5.74, 6) is 0.252. The summed E-state index contributed by atoms with van der Waals surface area (Å²) in [4.78, 5) is 38.4. The average Bonchev–Trinajstić information content (AvgIpc) is 3.12. The van der Waals surface area contributed by atoms with E-state index < -0.39 is 23.1 Å². The van der Waals surface area contributed by atoms with Gasteiger partial charge in [-0.05, 0) is 31.5 Å². The second-order valence-electron chi connectivity index (χ2n) is 7.02. The van der Waals surface area contributed by atoms with E-state index in [4.69, 9.17) is 14.2 Å². The molecular weight excluding hydrogens is 390 g/mol. The monoisotopic (exact) mass is 413 g/mol. The summed E-state index contributed by atoms with van der Waals surface area (Å²) in [5.41, 5.74) is 1.03. The lowest BCUT2D eigenvalue weighted by atomic mass is 9.82. The topological polar surface area (TPSA) is 101 Å². The Morgan fingerprint density at radius 1 is 1.20 bits per heavy atom. The first-order valence-corrected chi connectivity index (χ1v) is 9.74. The molecule has 2 aliphatic rings. The van der Waals surface area contributed by atoms with Crippen molar-refractivity contribution in [1.82, 2.24) is 9.13 Å². The van der Waals surface area contributed by atoms with Crippen molar-refractivity contribution in [3.63, 3.8) is 0 Å². The van der Waals surface area contributed by atoms with E-state index in [9.17, 15) is 14.4 Å². The van der Waals surface area contributed by atoms with Crippen LogP contribution in [0.15, 0.2) is 39.1 Å². The summed E-state index contributed by atoms with van der Waals surface area (Å²) in [6.45, 7) is 4.58. The number of methoxy groups -OCH3 is 1. The number of nitrogens with zero attached hydrogens (tertiary/aromatic N) is 2. The van der Waals surface area contributed by atoms with Crippen LogP contribution in [-0.2, 0) is 23.1 Å². The van der Waals surface area contributed by atoms with Crippen LogP contribution in [0.5, 0.6) is 11.5 Å². The normalized spacial score (nSPS) is 17.2. The van der Waals surface area contributed by atoms with Crippen molar-refractivity contribution in [3.05, 3.63) is 61.4 Å². The molecule has 2 aromatic rings. The van der Waals surface area contributed by atoms with Crippen molar-refractivity contribution in [2.75, 3.05) is 25.6 Å². The van der Waals surface area contributed by atoms with Gasteiger partial charge in [0.2, 0.25) is 0 Å². The summed E-state index contributed by atoms with van der Waals surface area (Å²) in [5, 5.41) is 3.11. The fourth-order valence-electron chi connectivity index (χ4n) is 4.05. The molecule has 0 saturated heterocycles. The molecule has 0 radical (unpaired) electrons. The standard InChI is InChI=1S/C21H23N3O6/c1-5-24-18-17(19(25)23(3)21(24)27)15(16-12(22-18)10-30-20(16)26)11-7-8-13(29-6-2)14(9-11)28-4/h7-9,15,22H,5-6,10H2,1-4H3/t15-/m0/s1. The molecule has 30 heavy (non-hydrogen) atoms. The Kier molecular flexibility index (Phi) is 4.89. The Morgan fingerprint density at radius 3 is 2.63 bits per heavy atom. The maximum Gasteiger partial charge on any atom is 0.337 e. The molecule has 0 unspecified atom stereocenters. The number of carbonyl (C=O) groups excluding carboxylic acids is 1. The van der Waals surface area contributed by atoms with Crippen molar-refractivity contribution in [1.29, 1.82) is 0 Å². The molecule has 0 aliphatic carbocycles. The van der Waals surface area contributed by atoms with Gasteiger partial charge in [-0.2, -0.15) is 0 Å². The van der Waals surface area contributed by atoms with Crippen molar-refractivity contribution in [2.24, 2.45) is 7.05 Å². The molecule has 158 valence electrons. The van der Waals surface area contributed by atoms with Crippen LogP contribution in [-0.4, -0.2) is 35.4 Å². The summed E-state index contributed by atoms with van der Waals surface area (Å²) in [6, 6.07) is 5.30. The minimum atomic E-state index is -0.701. The Balaban J connectivity index is 2.02. The van der Waals surface area contributed by atoms with Gasteiger partial charge in [-0.3, -0.25) is 13.9 Å². The number of benzene rings is 1. The highest BCUT2D eigenvalue weighted by Gasteiger charge is 2.42. The van der Waals surface area contributed by atoms with Crippen molar-refractivity contribution in [2.45, 2.75) is 26.3 Å². The highest BCUT2D eigenvalue weighted by atomic mass is 16.5. The SMILES string of the molecule is CCOc1ccc([C@H]2C3=C(COC3=O)Nc3c2c(=O)n(C)c(=O)n3CC)cc1OC. The maximum absolute atomic E-state index is 13.2. The van der Waals surface area contributed by atoms with E-state index in [2.05, 4.69) is 5.32 Å². The highest BCUT2D eigenvalue weighted by molar-refractivity contribution is 5.96. The van der Waals surface area contributed by atoms with E-state index in [1.165, 1.54) is 18.7 Å². The van der Waals surface area contributed by atoms with E-state index in [0.717, 1.165) is 4.57 Å². The van der Waals surface area contributed by atoms with Gasteiger partial charge in [-0.25, -0.2) is 9.59 Å². The first-order valence-electron chi connectivity index (χ1n) is 9.74. The van der Waals surface area contributed by atoms with Gasteiger partial charge in [-0.15, -0.1) is 0 Å². The van der Waals surface area contributed by atoms with Crippen LogP contribution in [0.4, 0.5) is 5.82 Å². The number of ether oxygens (including phenoxy) is 3. The van der Waals surface area contributed by atoms with Crippen LogP contribution < -0.4 is 26.0 Å². The van der Waals surface area contributed by atoms with Crippen LogP contribution in [0.2, 0.25) is 0 Å². The van der Waals surface area contributed by atoms with Gasteiger partial charge < -0.3 is 19.5 Å². The van der Waals surface area contributed by atoms with Gasteiger partial charge in [0.05, 0.1) is 36.5 Å². The molecule has 0 spiro atoms. The molecule has 3 heterocycles. The van der Waals surface area contributed by atoms with Crippen LogP contribution in [0, 0.1) is 0 Å². The quantitative estimate of drug-likeness (QED) is 0.739. The number of aromatic nitrogens is 2. The summed E-state index contributed by atoms with van der Waals surface area (Å²) >= 11 is 0. The number of hydrogen-bond donors (Lipinski definition) is 1. The third kappa shape index (κ3) is 2.80. The molecule has 0 amide bonds. The Bertz CT molecular complexity index is 1190. The fourth-order valence-corrected chi connectivity index (χ4v) is 4.05. The molecule has 9 nitrogen and oxygen atoms in total. The second-order valence-corrected chi connectivity index (χ2v) is 7.02. The minimum Gasteiger partial charge on any atom is -0.493 e. The van der Waals surface area contributed by atoms with Gasteiger partial charge in [0, 0.05) is 13.6 Å². The van der Waals surface area contributed by atoms with E-state index in [1.54, 1.807) is 18.2 Å². The van der Waals surface area contributed by atoms with Gasteiger partial charge in [0.25, 0.3) is 5.56 Å². The number of rotatable bonds is 5. The highest BCUT2D eigenvalue weighted by Crippen LogP contribution is 2.44. The second kappa shape index (κ2) is 7.40. The zero-order valence-corrected chi connectivity index (χ0v) is 17.3. The molecular formula is C21H23N3O6. The lowest BCUT2D eigenvalue weighted by Crippen LogP contribution is -2.43. The molecule has 4 rings (SSSR count). The lowest BCUT2D eigenvalue weighted by Gasteiger charge is -2.29. The first-order chi connectivity index (χ1) is 14.4. The lowest BCUT2D eigenvalue weighted by molar-refractivity contribution is -0.136. The van der Waals surface area contributed by atoms with Crippen LogP contribution in [0.3, 0.4) is 0 Å². The van der Waals surface area contributed by atoms with Crippen molar-refractivity contribution < 1.29 is 19.0 Å². The number of nitrogens with one attached hydrogen (secondary N) is 1. The number of anilines is 1. The zero-order chi connectivity index (χ0) is 21.6. The molecule has 1 N–H and O–H groups in total. The molecule has 1 atom stereocenters. The number of hydrogen-bond acceptors (Lipinski definition) is 7. The zero-order valence-electron chi connectivity index (χ0n) is 17.3. The predicted molar refractivity (Wildman–Crippen MR) is 109 cm³/mol. The molecule has 0 fully saturated rings. The number of esters is 1. The summed E-state index contributed by atoms with van der Waals surface area (Å²) < 4.78 is 18.9. The van der Waals surface area contributed by atoms with Crippen molar-refractivity contribution >= 4 is 11.8 Å². The van der Waals surface area contributed by atoms with Gasteiger partial charge in [0.1, 0.15) is 12.4 Å². The molecule has 1 aromatic heterocycles. The van der Waals surface area contributed by atoms with E-state index in [1.807, 2.05) is 13.8 Å². The van der Waals surface area contributed by atoms with E-state index in [0.29, 0.717) is 52.9 Å². The first kappa shape index (κ1) is 19.8. The van der Waals surface area contributed by atoms with E-state index in [-0.39, 0.29) is 6.61 Å². The van der Waals surface area contributed by atoms with Gasteiger partial charge in [-0.1, -0.05) is 6.07 Å². The molecule has 1 aromatic carbocycles. The third-order valence-corrected chi connectivity index (χ3v) is 5.45. The molecule has 0 saturated carbocycles. The maximum atomic E-state index is 13.2. The van der Waals surface area contributed by atoms with Crippen LogP contribution >= 0.6 is 0 Å². The van der Waals surface area contributed by atoms with Gasteiger partial charge in [0.15, 0.2) is 11.5 Å². The van der Waals surface area contributed by atoms with Crippen LogP contribution in [0.25, 0.3) is 0 Å². The molecule has 9 heteroatoms. The number of fused-ring (bicyclic) bond motifs is 1. The largest absolute Gasteiger partial charge is 0.493 e. The van der Waals surface area contributed by atoms with E-state index >= 15 is 0 Å².